The van der Waals surface area contributed by atoms with Gasteiger partial charge >= 0.3 is 0 Å². The van der Waals surface area contributed by atoms with Crippen LogP contribution >= 0.6 is 0 Å². The number of methoxy groups -OCH3 is 1. The van der Waals surface area contributed by atoms with Gasteiger partial charge in [0, 0.05) is 13.1 Å². The van der Waals surface area contributed by atoms with Gasteiger partial charge in [-0.1, -0.05) is 62.4 Å². The van der Waals surface area contributed by atoms with Crippen molar-refractivity contribution in [3.63, 3.8) is 0 Å². The van der Waals surface area contributed by atoms with Crippen LogP contribution in [0, 0.1) is 6.92 Å². The third-order valence-electron chi connectivity index (χ3n) is 6.42. The summed E-state index contributed by atoms with van der Waals surface area (Å²) in [6.45, 7) is 5.71. The molecular weight excluding hydrogens is 514 g/mol. The molecule has 3 rings (SSSR count). The van der Waals surface area contributed by atoms with E-state index in [-0.39, 0.29) is 17.3 Å². The third-order valence-corrected chi connectivity index (χ3v) is 8.19. The molecule has 0 aliphatic heterocycles. The van der Waals surface area contributed by atoms with Crippen molar-refractivity contribution in [2.24, 2.45) is 0 Å². The largest absolute Gasteiger partial charge is 0.497 e. The molecule has 0 saturated carbocycles. The van der Waals surface area contributed by atoms with Crippen LogP contribution in [0.1, 0.15) is 37.8 Å². The highest BCUT2D eigenvalue weighted by Gasteiger charge is 2.34. The molecule has 1 N–H and O–H groups in total. The van der Waals surface area contributed by atoms with E-state index in [1.807, 2.05) is 32.0 Å². The number of anilines is 1. The normalized spacial score (nSPS) is 11.9. The van der Waals surface area contributed by atoms with Crippen molar-refractivity contribution in [3.8, 4) is 5.75 Å². The molecule has 0 fully saturated rings. The van der Waals surface area contributed by atoms with Crippen molar-refractivity contribution in [1.82, 2.24) is 10.2 Å². The predicted octanol–water partition coefficient (Wildman–Crippen LogP) is 4.53. The first-order valence-electron chi connectivity index (χ1n) is 13.1. The summed E-state index contributed by atoms with van der Waals surface area (Å²) in [5.74, 6) is -0.139. The number of hydrogen-bond acceptors (Lipinski definition) is 5. The van der Waals surface area contributed by atoms with Gasteiger partial charge in [-0.25, -0.2) is 8.42 Å². The zero-order chi connectivity index (χ0) is 28.4. The maximum atomic E-state index is 14.1. The van der Waals surface area contributed by atoms with Gasteiger partial charge in [0.2, 0.25) is 11.8 Å². The van der Waals surface area contributed by atoms with Crippen molar-refractivity contribution < 1.29 is 22.7 Å². The molecule has 3 aromatic rings. The molecule has 208 valence electrons. The fourth-order valence-electron chi connectivity index (χ4n) is 4.33. The van der Waals surface area contributed by atoms with E-state index >= 15 is 0 Å². The van der Waals surface area contributed by atoms with Crippen LogP contribution in [-0.4, -0.2) is 51.4 Å². The van der Waals surface area contributed by atoms with Gasteiger partial charge in [-0.15, -0.1) is 0 Å². The van der Waals surface area contributed by atoms with E-state index in [2.05, 4.69) is 5.32 Å². The Labute approximate surface area is 231 Å². The highest BCUT2D eigenvalue weighted by Crippen LogP contribution is 2.27. The van der Waals surface area contributed by atoms with Crippen LogP contribution in [0.4, 0.5) is 5.69 Å². The van der Waals surface area contributed by atoms with Crippen LogP contribution in [0.3, 0.4) is 0 Å². The number of rotatable bonds is 13. The lowest BCUT2D eigenvalue weighted by Gasteiger charge is -2.33. The fraction of sp³-hybridized carbons (Fsp3) is 0.333. The minimum Gasteiger partial charge on any atom is -0.497 e. The summed E-state index contributed by atoms with van der Waals surface area (Å²) < 4.78 is 34.2. The van der Waals surface area contributed by atoms with Crippen molar-refractivity contribution in [2.75, 3.05) is 24.5 Å². The van der Waals surface area contributed by atoms with Crippen LogP contribution in [0.2, 0.25) is 0 Å². The van der Waals surface area contributed by atoms with Gasteiger partial charge in [0.25, 0.3) is 10.0 Å². The van der Waals surface area contributed by atoms with Gasteiger partial charge in [0.15, 0.2) is 0 Å². The van der Waals surface area contributed by atoms with E-state index in [9.17, 15) is 18.0 Å². The van der Waals surface area contributed by atoms with Gasteiger partial charge in [-0.05, 0) is 61.2 Å². The van der Waals surface area contributed by atoms with E-state index in [0.717, 1.165) is 16.3 Å². The molecular formula is C30H37N3O5S. The monoisotopic (exact) mass is 551 g/mol. The Kier molecular flexibility index (Phi) is 10.5. The molecule has 0 spiro atoms. The number of hydrogen-bond donors (Lipinski definition) is 1. The summed E-state index contributed by atoms with van der Waals surface area (Å²) in [6.07, 6.45) is 1.11. The summed E-state index contributed by atoms with van der Waals surface area (Å²) >= 11 is 0. The lowest BCUT2D eigenvalue weighted by atomic mass is 10.1. The molecule has 0 saturated heterocycles. The highest BCUT2D eigenvalue weighted by atomic mass is 32.2. The summed E-state index contributed by atoms with van der Waals surface area (Å²) in [5, 5.41) is 2.89. The molecule has 0 radical (unpaired) electrons. The Hall–Kier alpha value is -3.85. The zero-order valence-electron chi connectivity index (χ0n) is 23.0. The maximum Gasteiger partial charge on any atom is 0.264 e. The van der Waals surface area contributed by atoms with Gasteiger partial charge in [0.1, 0.15) is 18.3 Å². The molecule has 0 heterocycles. The van der Waals surface area contributed by atoms with Gasteiger partial charge in [-0.2, -0.15) is 0 Å². The Morgan fingerprint density at radius 3 is 2.28 bits per heavy atom. The van der Waals surface area contributed by atoms with Crippen LogP contribution < -0.4 is 14.4 Å². The highest BCUT2D eigenvalue weighted by molar-refractivity contribution is 7.92. The number of benzene rings is 3. The minimum atomic E-state index is -4.09. The molecule has 3 aromatic carbocycles. The molecule has 1 atom stereocenters. The second-order valence-corrected chi connectivity index (χ2v) is 11.1. The van der Waals surface area contributed by atoms with Crippen LogP contribution in [0.5, 0.6) is 5.75 Å². The Bertz CT molecular complexity index is 1360. The number of nitrogens with zero attached hydrogens (tertiary/aromatic N) is 2. The van der Waals surface area contributed by atoms with E-state index in [0.29, 0.717) is 30.0 Å². The number of carbonyl (C=O) groups excluding carboxylic acids is 2. The topological polar surface area (TPSA) is 96.0 Å². The van der Waals surface area contributed by atoms with Crippen molar-refractivity contribution in [3.05, 3.63) is 90.0 Å². The molecule has 0 aliphatic rings. The second kappa shape index (κ2) is 13.8. The van der Waals surface area contributed by atoms with E-state index in [1.54, 1.807) is 62.6 Å². The summed E-state index contributed by atoms with van der Waals surface area (Å²) in [6, 6.07) is 21.5. The number of sulfonamides is 1. The number of nitrogens with one attached hydrogen (secondary N) is 1. The summed E-state index contributed by atoms with van der Waals surface area (Å²) in [7, 11) is -2.53. The number of para-hydroxylation sites is 1. The van der Waals surface area contributed by atoms with Gasteiger partial charge < -0.3 is 15.0 Å². The SMILES string of the molecule is CCCNC(=O)[C@H](CC)N(Cc1cccc(OC)c1)C(=O)CN(c1ccccc1C)S(=O)(=O)c1ccccc1. The van der Waals surface area contributed by atoms with Crippen molar-refractivity contribution in [1.29, 1.82) is 0 Å². The van der Waals surface area contributed by atoms with Crippen LogP contribution in [0.15, 0.2) is 83.8 Å². The predicted molar refractivity (Wildman–Crippen MR) is 153 cm³/mol. The third kappa shape index (κ3) is 7.38. The van der Waals surface area contributed by atoms with E-state index in [1.165, 1.54) is 17.0 Å². The first kappa shape index (κ1) is 29.7. The molecule has 0 aromatic heterocycles. The molecule has 0 aliphatic carbocycles. The van der Waals surface area contributed by atoms with E-state index in [4.69, 9.17) is 4.74 Å². The van der Waals surface area contributed by atoms with Gasteiger partial charge in [0.05, 0.1) is 17.7 Å². The Morgan fingerprint density at radius 2 is 1.64 bits per heavy atom. The van der Waals surface area contributed by atoms with Gasteiger partial charge in [-0.3, -0.25) is 13.9 Å². The first-order chi connectivity index (χ1) is 18.7. The average Bonchev–Trinajstić information content (AvgIpc) is 2.95. The van der Waals surface area contributed by atoms with E-state index < -0.39 is 28.5 Å². The summed E-state index contributed by atoms with van der Waals surface area (Å²) in [5.41, 5.74) is 1.87. The molecule has 0 bridgehead atoms. The Balaban J connectivity index is 2.06. The second-order valence-electron chi connectivity index (χ2n) is 9.20. The molecule has 9 heteroatoms. The number of ether oxygens (including phenoxy) is 1. The standard InChI is InChI=1S/C30H37N3O5S/c1-5-19-31-30(35)27(6-2)32(21-24-14-12-15-25(20-24)38-4)29(34)22-33(28-18-11-10-13-23(28)3)39(36,37)26-16-8-7-9-17-26/h7-18,20,27H,5-6,19,21-22H2,1-4H3,(H,31,35)/t27-/m0/s1. The molecule has 8 nitrogen and oxygen atoms in total. The fourth-order valence-corrected chi connectivity index (χ4v) is 5.83. The maximum absolute atomic E-state index is 14.1. The molecule has 39 heavy (non-hydrogen) atoms. The van der Waals surface area contributed by atoms with Crippen molar-refractivity contribution in [2.45, 2.75) is 51.1 Å². The lowest BCUT2D eigenvalue weighted by Crippen LogP contribution is -2.52. The molecule has 0 unspecified atom stereocenters. The first-order valence-corrected chi connectivity index (χ1v) is 14.5. The number of amides is 2. The Morgan fingerprint density at radius 1 is 0.949 bits per heavy atom. The number of carbonyl (C=O) groups is 2. The zero-order valence-corrected chi connectivity index (χ0v) is 23.8. The summed E-state index contributed by atoms with van der Waals surface area (Å²) in [4.78, 5) is 28.8. The quantitative estimate of drug-likeness (QED) is 0.337. The van der Waals surface area contributed by atoms with Crippen LogP contribution in [-0.2, 0) is 26.2 Å². The minimum absolute atomic E-state index is 0.0770. The molecule has 2 amide bonds. The van der Waals surface area contributed by atoms with Crippen molar-refractivity contribution >= 4 is 27.5 Å². The number of aryl methyl sites for hydroxylation is 1. The van der Waals surface area contributed by atoms with Crippen LogP contribution in [0.25, 0.3) is 0 Å². The lowest BCUT2D eigenvalue weighted by molar-refractivity contribution is -0.140. The average molecular weight is 552 g/mol. The smallest absolute Gasteiger partial charge is 0.264 e.